The largest absolute Gasteiger partial charge is 0.391 e. The van der Waals surface area contributed by atoms with Gasteiger partial charge in [-0.15, -0.1) is 0 Å². The van der Waals surface area contributed by atoms with Gasteiger partial charge in [-0.05, 0) is 22.9 Å². The number of nitrogens with zero attached hydrogens (tertiary/aromatic N) is 2. The van der Waals surface area contributed by atoms with Gasteiger partial charge in [0.1, 0.15) is 6.20 Å². The Morgan fingerprint density at radius 3 is 2.64 bits per heavy atom. The third-order valence-corrected chi connectivity index (χ3v) is 1.86. The summed E-state index contributed by atoms with van der Waals surface area (Å²) in [7, 11) is 0. The van der Waals surface area contributed by atoms with Crippen LogP contribution in [-0.2, 0) is 0 Å². The van der Waals surface area contributed by atoms with Crippen molar-refractivity contribution in [1.29, 1.82) is 0 Å². The van der Waals surface area contributed by atoms with Crippen LogP contribution >= 0.6 is 0 Å². The third-order valence-electron chi connectivity index (χ3n) is 1.86. The highest BCUT2D eigenvalue weighted by Crippen LogP contribution is 2.15. The SMILES string of the molecule is CC(O)C(N)c1ccc([N+](=O)[O-])nc1. The van der Waals surface area contributed by atoms with Gasteiger partial charge < -0.3 is 21.0 Å². The zero-order chi connectivity index (χ0) is 10.7. The minimum absolute atomic E-state index is 0.230. The average Bonchev–Trinajstić information content (AvgIpc) is 2.16. The van der Waals surface area contributed by atoms with E-state index >= 15 is 0 Å². The summed E-state index contributed by atoms with van der Waals surface area (Å²) in [5.41, 5.74) is 6.18. The molecule has 1 aromatic rings. The number of hydrogen-bond donors (Lipinski definition) is 2. The fourth-order valence-corrected chi connectivity index (χ4v) is 0.981. The molecule has 0 fully saturated rings. The predicted octanol–water partition coefficient (Wildman–Crippen LogP) is 0.370. The number of aliphatic hydroxyl groups is 1. The van der Waals surface area contributed by atoms with Gasteiger partial charge in [-0.25, -0.2) is 0 Å². The van der Waals surface area contributed by atoms with Gasteiger partial charge in [0.15, 0.2) is 0 Å². The molecule has 0 aliphatic heterocycles. The lowest BCUT2D eigenvalue weighted by molar-refractivity contribution is -0.389. The first-order valence-electron chi connectivity index (χ1n) is 4.06. The van der Waals surface area contributed by atoms with Gasteiger partial charge in [0.2, 0.25) is 0 Å². The van der Waals surface area contributed by atoms with E-state index in [9.17, 15) is 10.1 Å². The summed E-state index contributed by atoms with van der Waals surface area (Å²) in [5.74, 6) is -0.230. The number of nitrogens with two attached hydrogens (primary N) is 1. The van der Waals surface area contributed by atoms with Gasteiger partial charge in [0.25, 0.3) is 0 Å². The summed E-state index contributed by atoms with van der Waals surface area (Å²) < 4.78 is 0. The highest BCUT2D eigenvalue weighted by atomic mass is 16.6. The van der Waals surface area contributed by atoms with E-state index in [1.807, 2.05) is 0 Å². The van der Waals surface area contributed by atoms with Gasteiger partial charge in [0.05, 0.1) is 12.1 Å². The van der Waals surface area contributed by atoms with Crippen LogP contribution in [0.1, 0.15) is 18.5 Å². The molecule has 2 unspecified atom stereocenters. The molecule has 1 rings (SSSR count). The van der Waals surface area contributed by atoms with E-state index in [4.69, 9.17) is 10.8 Å². The smallest absolute Gasteiger partial charge is 0.363 e. The van der Waals surface area contributed by atoms with E-state index in [1.54, 1.807) is 6.92 Å². The molecule has 14 heavy (non-hydrogen) atoms. The van der Waals surface area contributed by atoms with Crippen LogP contribution in [0, 0.1) is 10.1 Å². The van der Waals surface area contributed by atoms with Crippen molar-refractivity contribution in [3.63, 3.8) is 0 Å². The lowest BCUT2D eigenvalue weighted by atomic mass is 10.1. The van der Waals surface area contributed by atoms with Crippen LogP contribution in [0.4, 0.5) is 5.82 Å². The Bertz CT molecular complexity index is 323. The van der Waals surface area contributed by atoms with Crippen LogP contribution in [0.25, 0.3) is 0 Å². The molecule has 0 amide bonds. The van der Waals surface area contributed by atoms with Crippen molar-refractivity contribution < 1.29 is 10.0 Å². The van der Waals surface area contributed by atoms with E-state index in [1.165, 1.54) is 18.3 Å². The minimum atomic E-state index is -0.710. The molecule has 0 aliphatic rings. The molecule has 0 saturated carbocycles. The molecule has 6 nitrogen and oxygen atoms in total. The van der Waals surface area contributed by atoms with Crippen molar-refractivity contribution in [2.24, 2.45) is 5.73 Å². The van der Waals surface area contributed by atoms with Gasteiger partial charge in [-0.2, -0.15) is 0 Å². The number of nitro groups is 1. The average molecular weight is 197 g/mol. The van der Waals surface area contributed by atoms with Crippen molar-refractivity contribution in [2.75, 3.05) is 0 Å². The Hall–Kier alpha value is -1.53. The Kier molecular flexibility index (Phi) is 3.10. The van der Waals surface area contributed by atoms with Crippen LogP contribution < -0.4 is 5.73 Å². The lowest BCUT2D eigenvalue weighted by Crippen LogP contribution is -2.23. The molecular formula is C8H11N3O3. The summed E-state index contributed by atoms with van der Waals surface area (Å²) in [6.07, 6.45) is 0.591. The Morgan fingerprint density at radius 1 is 1.64 bits per heavy atom. The predicted molar refractivity (Wildman–Crippen MR) is 49.5 cm³/mol. The van der Waals surface area contributed by atoms with Gasteiger partial charge in [-0.3, -0.25) is 0 Å². The maximum atomic E-state index is 10.3. The van der Waals surface area contributed by atoms with Gasteiger partial charge in [-0.1, -0.05) is 0 Å². The van der Waals surface area contributed by atoms with Crippen LogP contribution in [0.15, 0.2) is 18.3 Å². The summed E-state index contributed by atoms with van der Waals surface area (Å²) in [6.45, 7) is 1.55. The quantitative estimate of drug-likeness (QED) is 0.538. The fourth-order valence-electron chi connectivity index (χ4n) is 0.981. The Balaban J connectivity index is 2.88. The van der Waals surface area contributed by atoms with E-state index in [2.05, 4.69) is 4.98 Å². The number of hydrogen-bond acceptors (Lipinski definition) is 5. The van der Waals surface area contributed by atoms with Crippen LogP contribution in [0.2, 0.25) is 0 Å². The van der Waals surface area contributed by atoms with Crippen molar-refractivity contribution in [1.82, 2.24) is 4.98 Å². The summed E-state index contributed by atoms with van der Waals surface area (Å²) >= 11 is 0. The van der Waals surface area contributed by atoms with Crippen molar-refractivity contribution >= 4 is 5.82 Å². The van der Waals surface area contributed by atoms with Gasteiger partial charge >= 0.3 is 5.82 Å². The molecule has 6 heteroatoms. The fraction of sp³-hybridized carbons (Fsp3) is 0.375. The first-order chi connectivity index (χ1) is 6.52. The van der Waals surface area contributed by atoms with E-state index in [0.29, 0.717) is 5.56 Å². The summed E-state index contributed by atoms with van der Waals surface area (Å²) in [5, 5.41) is 19.4. The molecule has 1 aromatic heterocycles. The molecule has 0 radical (unpaired) electrons. The molecule has 0 bridgehead atoms. The Morgan fingerprint density at radius 2 is 2.29 bits per heavy atom. The van der Waals surface area contributed by atoms with Crippen LogP contribution in [0.5, 0.6) is 0 Å². The molecule has 2 atom stereocenters. The van der Waals surface area contributed by atoms with Crippen molar-refractivity contribution in [3.8, 4) is 0 Å². The molecule has 0 aliphatic carbocycles. The Labute approximate surface area is 80.5 Å². The number of rotatable bonds is 3. The standard InChI is InChI=1S/C8H11N3O3/c1-5(12)8(9)6-2-3-7(10-4-6)11(13)14/h2-5,8,12H,9H2,1H3. The maximum absolute atomic E-state index is 10.3. The topological polar surface area (TPSA) is 102 Å². The monoisotopic (exact) mass is 197 g/mol. The minimum Gasteiger partial charge on any atom is -0.391 e. The van der Waals surface area contributed by atoms with Crippen LogP contribution in [-0.4, -0.2) is 21.1 Å². The zero-order valence-electron chi connectivity index (χ0n) is 7.62. The number of aliphatic hydroxyl groups excluding tert-OH is 1. The highest BCUT2D eigenvalue weighted by molar-refractivity contribution is 5.25. The van der Waals surface area contributed by atoms with Crippen molar-refractivity contribution in [2.45, 2.75) is 19.1 Å². The second kappa shape index (κ2) is 4.12. The molecule has 76 valence electrons. The summed E-state index contributed by atoms with van der Waals surface area (Å²) in [4.78, 5) is 13.3. The lowest BCUT2D eigenvalue weighted by Gasteiger charge is -2.12. The normalized spacial score (nSPS) is 14.8. The zero-order valence-corrected chi connectivity index (χ0v) is 7.62. The van der Waals surface area contributed by atoms with E-state index in [0.717, 1.165) is 0 Å². The second-order valence-corrected chi connectivity index (χ2v) is 2.97. The summed E-state index contributed by atoms with van der Waals surface area (Å²) in [6, 6.07) is 2.18. The second-order valence-electron chi connectivity index (χ2n) is 2.97. The van der Waals surface area contributed by atoms with Crippen molar-refractivity contribution in [3.05, 3.63) is 34.0 Å². The molecular weight excluding hydrogens is 186 g/mol. The molecule has 0 spiro atoms. The molecule has 0 aromatic carbocycles. The molecule has 1 heterocycles. The third kappa shape index (κ3) is 2.24. The first kappa shape index (κ1) is 10.6. The molecule has 3 N–H and O–H groups in total. The number of aromatic nitrogens is 1. The highest BCUT2D eigenvalue weighted by Gasteiger charge is 2.15. The maximum Gasteiger partial charge on any atom is 0.363 e. The van der Waals surface area contributed by atoms with E-state index in [-0.39, 0.29) is 5.82 Å². The van der Waals surface area contributed by atoms with Crippen LogP contribution in [0.3, 0.4) is 0 Å². The van der Waals surface area contributed by atoms with Gasteiger partial charge in [0, 0.05) is 11.6 Å². The number of pyridine rings is 1. The first-order valence-corrected chi connectivity index (χ1v) is 4.06. The molecule has 0 saturated heterocycles. The van der Waals surface area contributed by atoms with E-state index < -0.39 is 17.1 Å².